The van der Waals surface area contributed by atoms with E-state index in [4.69, 9.17) is 5.11 Å². The normalized spacial score (nSPS) is 13.7. The molecule has 4 heteroatoms. The molecule has 0 radical (unpaired) electrons. The van der Waals surface area contributed by atoms with E-state index in [1.165, 1.54) is 4.88 Å². The van der Waals surface area contributed by atoms with E-state index in [9.17, 15) is 0 Å². The van der Waals surface area contributed by atoms with Gasteiger partial charge < -0.3 is 5.11 Å². The summed E-state index contributed by atoms with van der Waals surface area (Å²) < 4.78 is 0. The Hall–Kier alpha value is -0.450. The maximum atomic E-state index is 8.88. The molecule has 1 unspecified atom stereocenters. The minimum atomic E-state index is 0.204. The SMILES string of the molecule is CC(CO)N(C)Cc1cncs1. The average molecular weight is 186 g/mol. The molecule has 0 aliphatic rings. The molecule has 0 saturated carbocycles. The van der Waals surface area contributed by atoms with Gasteiger partial charge in [-0.3, -0.25) is 9.88 Å². The fourth-order valence-electron chi connectivity index (χ4n) is 0.861. The molecule has 0 aromatic carbocycles. The van der Waals surface area contributed by atoms with E-state index in [2.05, 4.69) is 9.88 Å². The Balaban J connectivity index is 2.41. The molecule has 1 atom stereocenters. The Morgan fingerprint density at radius 2 is 2.50 bits per heavy atom. The zero-order chi connectivity index (χ0) is 8.97. The Kier molecular flexibility index (Phi) is 3.65. The summed E-state index contributed by atoms with van der Waals surface area (Å²) in [5, 5.41) is 8.88. The van der Waals surface area contributed by atoms with Crippen molar-refractivity contribution in [3.8, 4) is 0 Å². The van der Waals surface area contributed by atoms with E-state index in [1.807, 2.05) is 25.7 Å². The number of thiazole rings is 1. The Bertz CT molecular complexity index is 213. The fourth-order valence-corrected chi connectivity index (χ4v) is 1.52. The molecule has 1 rings (SSSR count). The molecule has 1 N–H and O–H groups in total. The van der Waals surface area contributed by atoms with Crippen LogP contribution < -0.4 is 0 Å². The van der Waals surface area contributed by atoms with Crippen LogP contribution in [-0.4, -0.2) is 34.7 Å². The average Bonchev–Trinajstić information content (AvgIpc) is 2.55. The van der Waals surface area contributed by atoms with Gasteiger partial charge >= 0.3 is 0 Å². The third-order valence-electron chi connectivity index (χ3n) is 1.91. The van der Waals surface area contributed by atoms with Gasteiger partial charge in [0.05, 0.1) is 12.1 Å². The van der Waals surface area contributed by atoms with Crippen molar-refractivity contribution in [2.24, 2.45) is 0 Å². The van der Waals surface area contributed by atoms with Gasteiger partial charge in [-0.1, -0.05) is 0 Å². The second-order valence-corrected chi connectivity index (χ2v) is 3.89. The minimum Gasteiger partial charge on any atom is -0.395 e. The monoisotopic (exact) mass is 186 g/mol. The number of aliphatic hydroxyl groups excluding tert-OH is 1. The third kappa shape index (κ3) is 2.55. The van der Waals surface area contributed by atoms with Crippen molar-refractivity contribution in [3.63, 3.8) is 0 Å². The smallest absolute Gasteiger partial charge is 0.0794 e. The van der Waals surface area contributed by atoms with Crippen molar-refractivity contribution in [2.45, 2.75) is 19.5 Å². The van der Waals surface area contributed by atoms with E-state index in [1.54, 1.807) is 11.3 Å². The predicted molar refractivity (Wildman–Crippen MR) is 50.1 cm³/mol. The molecule has 1 heterocycles. The number of nitrogens with zero attached hydrogens (tertiary/aromatic N) is 2. The highest BCUT2D eigenvalue weighted by atomic mass is 32.1. The first-order valence-corrected chi connectivity index (χ1v) is 4.80. The van der Waals surface area contributed by atoms with Crippen molar-refractivity contribution in [1.82, 2.24) is 9.88 Å². The predicted octanol–water partition coefficient (Wildman–Crippen LogP) is 0.956. The van der Waals surface area contributed by atoms with Gasteiger partial charge in [0, 0.05) is 23.7 Å². The number of likely N-dealkylation sites (N-methyl/N-ethyl adjacent to an activating group) is 1. The molecular formula is C8H14N2OS. The van der Waals surface area contributed by atoms with Crippen molar-refractivity contribution in [2.75, 3.05) is 13.7 Å². The summed E-state index contributed by atoms with van der Waals surface area (Å²) in [6, 6.07) is 0.215. The van der Waals surface area contributed by atoms with Crippen LogP contribution in [0.15, 0.2) is 11.7 Å². The van der Waals surface area contributed by atoms with E-state index in [-0.39, 0.29) is 12.6 Å². The van der Waals surface area contributed by atoms with Crippen LogP contribution in [0.3, 0.4) is 0 Å². The molecule has 0 amide bonds. The van der Waals surface area contributed by atoms with Gasteiger partial charge in [-0.25, -0.2) is 0 Å². The van der Waals surface area contributed by atoms with Crippen molar-refractivity contribution < 1.29 is 5.11 Å². The van der Waals surface area contributed by atoms with Crippen LogP contribution in [0.5, 0.6) is 0 Å². The molecular weight excluding hydrogens is 172 g/mol. The van der Waals surface area contributed by atoms with Gasteiger partial charge in [-0.2, -0.15) is 0 Å². The summed E-state index contributed by atoms with van der Waals surface area (Å²) in [5.41, 5.74) is 1.83. The van der Waals surface area contributed by atoms with Crippen LogP contribution in [0, 0.1) is 0 Å². The molecule has 0 aliphatic heterocycles. The first-order chi connectivity index (χ1) is 5.74. The molecule has 0 fully saturated rings. The Labute approximate surface area is 76.7 Å². The lowest BCUT2D eigenvalue weighted by atomic mass is 10.3. The van der Waals surface area contributed by atoms with Crippen molar-refractivity contribution in [1.29, 1.82) is 0 Å². The second kappa shape index (κ2) is 4.54. The van der Waals surface area contributed by atoms with Gasteiger partial charge in [-0.15, -0.1) is 11.3 Å². The van der Waals surface area contributed by atoms with E-state index < -0.39 is 0 Å². The summed E-state index contributed by atoms with van der Waals surface area (Å²) in [4.78, 5) is 7.33. The summed E-state index contributed by atoms with van der Waals surface area (Å²) in [5.74, 6) is 0. The van der Waals surface area contributed by atoms with E-state index >= 15 is 0 Å². The van der Waals surface area contributed by atoms with Crippen LogP contribution in [0.4, 0.5) is 0 Å². The molecule has 1 aromatic heterocycles. The lowest BCUT2D eigenvalue weighted by molar-refractivity contribution is 0.155. The van der Waals surface area contributed by atoms with Crippen LogP contribution in [0.1, 0.15) is 11.8 Å². The summed E-state index contributed by atoms with van der Waals surface area (Å²) in [6.45, 7) is 3.07. The van der Waals surface area contributed by atoms with Crippen LogP contribution >= 0.6 is 11.3 Å². The molecule has 1 aromatic rings. The minimum absolute atomic E-state index is 0.204. The molecule has 68 valence electrons. The van der Waals surface area contributed by atoms with Gasteiger partial charge in [0.15, 0.2) is 0 Å². The zero-order valence-electron chi connectivity index (χ0n) is 7.40. The third-order valence-corrected chi connectivity index (χ3v) is 2.67. The second-order valence-electron chi connectivity index (χ2n) is 2.91. The van der Waals surface area contributed by atoms with Crippen molar-refractivity contribution >= 4 is 11.3 Å². The number of rotatable bonds is 4. The summed E-state index contributed by atoms with van der Waals surface area (Å²) in [6.07, 6.45) is 1.87. The highest BCUT2D eigenvalue weighted by molar-refractivity contribution is 7.09. The van der Waals surface area contributed by atoms with Gasteiger partial charge in [0.2, 0.25) is 0 Å². The quantitative estimate of drug-likeness (QED) is 0.760. The Morgan fingerprint density at radius 3 is 3.00 bits per heavy atom. The number of hydrogen-bond donors (Lipinski definition) is 1. The molecule has 3 nitrogen and oxygen atoms in total. The summed E-state index contributed by atoms with van der Waals surface area (Å²) >= 11 is 1.64. The fraction of sp³-hybridized carbons (Fsp3) is 0.625. The first kappa shape index (κ1) is 9.64. The largest absolute Gasteiger partial charge is 0.395 e. The first-order valence-electron chi connectivity index (χ1n) is 3.92. The maximum absolute atomic E-state index is 8.88. The molecule has 0 aliphatic carbocycles. The molecule has 12 heavy (non-hydrogen) atoms. The number of hydrogen-bond acceptors (Lipinski definition) is 4. The van der Waals surface area contributed by atoms with Crippen LogP contribution in [-0.2, 0) is 6.54 Å². The van der Waals surface area contributed by atoms with E-state index in [0.29, 0.717) is 0 Å². The maximum Gasteiger partial charge on any atom is 0.0794 e. The van der Waals surface area contributed by atoms with Crippen LogP contribution in [0.25, 0.3) is 0 Å². The van der Waals surface area contributed by atoms with Gasteiger partial charge in [0.1, 0.15) is 0 Å². The number of aromatic nitrogens is 1. The standard InChI is InChI=1S/C8H14N2OS/c1-7(5-11)10(2)4-8-3-9-6-12-8/h3,6-7,11H,4-5H2,1-2H3. The highest BCUT2D eigenvalue weighted by Gasteiger charge is 2.08. The highest BCUT2D eigenvalue weighted by Crippen LogP contribution is 2.09. The van der Waals surface area contributed by atoms with E-state index in [0.717, 1.165) is 6.54 Å². The summed E-state index contributed by atoms with van der Waals surface area (Å²) in [7, 11) is 2.00. The molecule has 0 bridgehead atoms. The molecule has 0 saturated heterocycles. The lowest BCUT2D eigenvalue weighted by Crippen LogP contribution is -2.31. The Morgan fingerprint density at radius 1 is 1.75 bits per heavy atom. The lowest BCUT2D eigenvalue weighted by Gasteiger charge is -2.21. The van der Waals surface area contributed by atoms with Gasteiger partial charge in [-0.05, 0) is 14.0 Å². The van der Waals surface area contributed by atoms with Crippen molar-refractivity contribution in [3.05, 3.63) is 16.6 Å². The molecule has 0 spiro atoms. The zero-order valence-corrected chi connectivity index (χ0v) is 8.21. The number of aliphatic hydroxyl groups is 1. The van der Waals surface area contributed by atoms with Crippen LogP contribution in [0.2, 0.25) is 0 Å². The topological polar surface area (TPSA) is 36.4 Å². The van der Waals surface area contributed by atoms with Gasteiger partial charge in [0.25, 0.3) is 0 Å².